The van der Waals surface area contributed by atoms with Crippen LogP contribution in [-0.4, -0.2) is 23.8 Å². The van der Waals surface area contributed by atoms with Gasteiger partial charge in [0.1, 0.15) is 0 Å². The molecule has 2 rings (SSSR count). The molecule has 4 heteroatoms. The van der Waals surface area contributed by atoms with Crippen molar-refractivity contribution in [3.8, 4) is 0 Å². The molecule has 2 amide bonds. The SMILES string of the molecule is CN(Cc1cccc2ccccc12)C(=O)CCC(N)=O. The zero-order chi connectivity index (χ0) is 14.5. The molecule has 2 aromatic carbocycles. The van der Waals surface area contributed by atoms with E-state index in [2.05, 4.69) is 0 Å². The lowest BCUT2D eigenvalue weighted by Crippen LogP contribution is -2.27. The Bertz CT molecular complexity index is 632. The van der Waals surface area contributed by atoms with Crippen LogP contribution in [0.5, 0.6) is 0 Å². The number of carbonyl (C=O) groups excluding carboxylic acids is 2. The van der Waals surface area contributed by atoms with Crippen molar-refractivity contribution < 1.29 is 9.59 Å². The van der Waals surface area contributed by atoms with Crippen LogP contribution >= 0.6 is 0 Å². The third-order valence-corrected chi connectivity index (χ3v) is 3.30. The predicted octanol–water partition coefficient (Wildman–Crippen LogP) is 2.06. The Labute approximate surface area is 118 Å². The van der Waals surface area contributed by atoms with E-state index in [0.29, 0.717) is 6.54 Å². The van der Waals surface area contributed by atoms with Crippen molar-refractivity contribution in [2.75, 3.05) is 7.05 Å². The zero-order valence-electron chi connectivity index (χ0n) is 11.5. The number of nitrogens with zero attached hydrogens (tertiary/aromatic N) is 1. The molecule has 0 aliphatic rings. The Balaban J connectivity index is 2.11. The number of nitrogens with two attached hydrogens (primary N) is 1. The summed E-state index contributed by atoms with van der Waals surface area (Å²) in [6.07, 6.45) is 0.259. The first kappa shape index (κ1) is 14.1. The first-order valence-electron chi connectivity index (χ1n) is 6.57. The van der Waals surface area contributed by atoms with Crippen molar-refractivity contribution in [3.63, 3.8) is 0 Å². The van der Waals surface area contributed by atoms with Crippen molar-refractivity contribution in [1.29, 1.82) is 0 Å². The number of primary amides is 1. The average molecular weight is 270 g/mol. The van der Waals surface area contributed by atoms with E-state index in [1.165, 1.54) is 0 Å². The first-order valence-corrected chi connectivity index (χ1v) is 6.57. The third kappa shape index (κ3) is 3.35. The molecule has 4 nitrogen and oxygen atoms in total. The summed E-state index contributed by atoms with van der Waals surface area (Å²) >= 11 is 0. The van der Waals surface area contributed by atoms with Crippen molar-refractivity contribution >= 4 is 22.6 Å². The molecule has 20 heavy (non-hydrogen) atoms. The number of fused-ring (bicyclic) bond motifs is 1. The van der Waals surface area contributed by atoms with Crippen molar-refractivity contribution in [2.45, 2.75) is 19.4 Å². The molecule has 0 atom stereocenters. The van der Waals surface area contributed by atoms with Crippen LogP contribution < -0.4 is 5.73 Å². The molecule has 104 valence electrons. The molecular formula is C16H18N2O2. The number of carbonyl (C=O) groups is 2. The lowest BCUT2D eigenvalue weighted by molar-refractivity contribution is -0.132. The highest BCUT2D eigenvalue weighted by Crippen LogP contribution is 2.19. The summed E-state index contributed by atoms with van der Waals surface area (Å²) in [6, 6.07) is 14.1. The van der Waals surface area contributed by atoms with Crippen LogP contribution in [0.1, 0.15) is 18.4 Å². The van der Waals surface area contributed by atoms with Crippen molar-refractivity contribution in [3.05, 3.63) is 48.0 Å². The largest absolute Gasteiger partial charge is 0.370 e. The standard InChI is InChI=1S/C16H18N2O2/c1-18(16(20)10-9-15(17)19)11-13-7-4-6-12-5-2-3-8-14(12)13/h2-8H,9-11H2,1H3,(H2,17,19). The minimum absolute atomic E-state index is 0.0725. The lowest BCUT2D eigenvalue weighted by atomic mass is 10.0. The number of amides is 2. The van der Waals surface area contributed by atoms with E-state index in [0.717, 1.165) is 16.3 Å². The van der Waals surface area contributed by atoms with Gasteiger partial charge in [-0.05, 0) is 16.3 Å². The maximum absolute atomic E-state index is 11.9. The van der Waals surface area contributed by atoms with Crippen LogP contribution in [0.15, 0.2) is 42.5 Å². The number of benzene rings is 2. The molecule has 0 saturated heterocycles. The van der Waals surface area contributed by atoms with E-state index in [9.17, 15) is 9.59 Å². The van der Waals surface area contributed by atoms with E-state index >= 15 is 0 Å². The Hall–Kier alpha value is -2.36. The quantitative estimate of drug-likeness (QED) is 0.904. The fraction of sp³-hybridized carbons (Fsp3) is 0.250. The maximum atomic E-state index is 11.9. The van der Waals surface area contributed by atoms with E-state index in [4.69, 9.17) is 5.73 Å². The summed E-state index contributed by atoms with van der Waals surface area (Å²) in [5.74, 6) is -0.520. The second kappa shape index (κ2) is 6.19. The second-order valence-corrected chi connectivity index (χ2v) is 4.85. The van der Waals surface area contributed by atoms with Crippen molar-refractivity contribution in [1.82, 2.24) is 4.90 Å². The molecular weight excluding hydrogens is 252 g/mol. The van der Waals surface area contributed by atoms with Gasteiger partial charge in [0.15, 0.2) is 0 Å². The molecule has 0 aromatic heterocycles. The Morgan fingerprint density at radius 1 is 1.05 bits per heavy atom. The molecule has 0 saturated carbocycles. The minimum Gasteiger partial charge on any atom is -0.370 e. The molecule has 0 aliphatic heterocycles. The summed E-state index contributed by atoms with van der Waals surface area (Å²) in [5.41, 5.74) is 6.15. The normalized spacial score (nSPS) is 10.4. The molecule has 0 spiro atoms. The topological polar surface area (TPSA) is 63.4 Å². The van der Waals surface area contributed by atoms with Gasteiger partial charge in [0.2, 0.25) is 11.8 Å². The van der Waals surface area contributed by atoms with Crippen LogP contribution in [0, 0.1) is 0 Å². The summed E-state index contributed by atoms with van der Waals surface area (Å²) < 4.78 is 0. The molecule has 0 aliphatic carbocycles. The zero-order valence-corrected chi connectivity index (χ0v) is 11.5. The molecule has 2 N–H and O–H groups in total. The van der Waals surface area contributed by atoms with E-state index in [1.54, 1.807) is 11.9 Å². The molecule has 2 aromatic rings. The summed E-state index contributed by atoms with van der Waals surface area (Å²) in [5, 5.41) is 2.30. The number of hydrogen-bond acceptors (Lipinski definition) is 2. The van der Waals surface area contributed by atoms with Gasteiger partial charge >= 0.3 is 0 Å². The van der Waals surface area contributed by atoms with Gasteiger partial charge in [-0.25, -0.2) is 0 Å². The van der Waals surface area contributed by atoms with Gasteiger partial charge in [-0.3, -0.25) is 9.59 Å². The van der Waals surface area contributed by atoms with Crippen LogP contribution in [0.2, 0.25) is 0 Å². The first-order chi connectivity index (χ1) is 9.58. The highest BCUT2D eigenvalue weighted by Gasteiger charge is 2.11. The predicted molar refractivity (Wildman–Crippen MR) is 78.9 cm³/mol. The Morgan fingerprint density at radius 2 is 1.75 bits per heavy atom. The van der Waals surface area contributed by atoms with Gasteiger partial charge < -0.3 is 10.6 Å². The van der Waals surface area contributed by atoms with E-state index in [-0.39, 0.29) is 18.7 Å². The Kier molecular flexibility index (Phi) is 4.35. The summed E-state index contributed by atoms with van der Waals surface area (Å²) in [4.78, 5) is 24.2. The van der Waals surface area contributed by atoms with Crippen molar-refractivity contribution in [2.24, 2.45) is 5.73 Å². The second-order valence-electron chi connectivity index (χ2n) is 4.85. The highest BCUT2D eigenvalue weighted by molar-refractivity contribution is 5.86. The van der Waals surface area contributed by atoms with Gasteiger partial charge in [-0.15, -0.1) is 0 Å². The fourth-order valence-electron chi connectivity index (χ4n) is 2.20. The molecule has 0 unspecified atom stereocenters. The lowest BCUT2D eigenvalue weighted by Gasteiger charge is -2.18. The summed E-state index contributed by atoms with van der Waals surface area (Å²) in [6.45, 7) is 0.527. The molecule has 0 bridgehead atoms. The average Bonchev–Trinajstić information content (AvgIpc) is 2.45. The summed E-state index contributed by atoms with van der Waals surface area (Å²) in [7, 11) is 1.74. The van der Waals surface area contributed by atoms with E-state index in [1.807, 2.05) is 42.5 Å². The van der Waals surface area contributed by atoms with Crippen LogP contribution in [0.3, 0.4) is 0 Å². The number of hydrogen-bond donors (Lipinski definition) is 1. The van der Waals surface area contributed by atoms with Gasteiger partial charge in [-0.2, -0.15) is 0 Å². The number of rotatable bonds is 5. The Morgan fingerprint density at radius 3 is 2.50 bits per heavy atom. The highest BCUT2D eigenvalue weighted by atomic mass is 16.2. The van der Waals surface area contributed by atoms with Gasteiger partial charge in [0.25, 0.3) is 0 Å². The van der Waals surface area contributed by atoms with Gasteiger partial charge in [-0.1, -0.05) is 42.5 Å². The van der Waals surface area contributed by atoms with Gasteiger partial charge in [0, 0.05) is 26.4 Å². The minimum atomic E-state index is -0.447. The third-order valence-electron chi connectivity index (χ3n) is 3.30. The smallest absolute Gasteiger partial charge is 0.223 e. The maximum Gasteiger partial charge on any atom is 0.223 e. The van der Waals surface area contributed by atoms with Crippen LogP contribution in [0.4, 0.5) is 0 Å². The monoisotopic (exact) mass is 270 g/mol. The van der Waals surface area contributed by atoms with E-state index < -0.39 is 5.91 Å². The molecule has 0 fully saturated rings. The fourth-order valence-corrected chi connectivity index (χ4v) is 2.20. The van der Waals surface area contributed by atoms with Gasteiger partial charge in [0.05, 0.1) is 0 Å². The van der Waals surface area contributed by atoms with Crippen LogP contribution in [0.25, 0.3) is 10.8 Å². The molecule has 0 radical (unpaired) electrons. The van der Waals surface area contributed by atoms with Crippen LogP contribution in [-0.2, 0) is 16.1 Å². The molecule has 0 heterocycles.